The zero-order valence-corrected chi connectivity index (χ0v) is 15.7. The summed E-state index contributed by atoms with van der Waals surface area (Å²) < 4.78 is 25.2. The van der Waals surface area contributed by atoms with Crippen molar-refractivity contribution in [2.45, 2.75) is 6.54 Å². The van der Waals surface area contributed by atoms with E-state index in [0.717, 1.165) is 33.5 Å². The van der Waals surface area contributed by atoms with Crippen molar-refractivity contribution in [3.63, 3.8) is 0 Å². The summed E-state index contributed by atoms with van der Waals surface area (Å²) >= 11 is 0. The first-order valence-corrected chi connectivity index (χ1v) is 10.7. The molecule has 4 rings (SSSR count). The summed E-state index contributed by atoms with van der Waals surface area (Å²) in [6.07, 6.45) is 2.94. The van der Waals surface area contributed by atoms with E-state index in [1.807, 2.05) is 71.3 Å². The van der Waals surface area contributed by atoms with Gasteiger partial charge >= 0.3 is 0 Å². The van der Waals surface area contributed by atoms with E-state index >= 15 is 0 Å². The summed E-state index contributed by atoms with van der Waals surface area (Å²) in [7, 11) is -3.08. The molecule has 0 saturated heterocycles. The third-order valence-electron chi connectivity index (χ3n) is 4.43. The Kier molecular flexibility index (Phi) is 4.49. The summed E-state index contributed by atoms with van der Waals surface area (Å²) in [6.45, 7) is 0.336. The lowest BCUT2D eigenvalue weighted by molar-refractivity contribution is 0.595. The molecule has 0 fully saturated rings. The molecule has 4 aromatic rings. The number of nitrogens with zero attached hydrogens (tertiary/aromatic N) is 3. The van der Waals surface area contributed by atoms with E-state index in [4.69, 9.17) is 4.98 Å². The van der Waals surface area contributed by atoms with Gasteiger partial charge in [0.15, 0.2) is 0 Å². The molecule has 2 aromatic heterocycles. The molecular formula is C21H19N3O2S. The van der Waals surface area contributed by atoms with Crippen LogP contribution in [0.15, 0.2) is 73.1 Å². The van der Waals surface area contributed by atoms with Crippen molar-refractivity contribution in [2.75, 3.05) is 12.0 Å². The van der Waals surface area contributed by atoms with Crippen LogP contribution in [0.1, 0.15) is 0 Å². The van der Waals surface area contributed by atoms with Gasteiger partial charge in [0.05, 0.1) is 34.7 Å². The topological polar surface area (TPSA) is 64.8 Å². The minimum atomic E-state index is -3.08. The summed E-state index contributed by atoms with van der Waals surface area (Å²) in [5, 5.41) is 1.06. The largest absolute Gasteiger partial charge is 0.328 e. The molecule has 2 heterocycles. The summed E-state index contributed by atoms with van der Waals surface area (Å²) in [5.41, 5.74) is 4.27. The van der Waals surface area contributed by atoms with Crippen molar-refractivity contribution < 1.29 is 8.42 Å². The van der Waals surface area contributed by atoms with E-state index in [1.54, 1.807) is 6.33 Å². The van der Waals surface area contributed by atoms with Gasteiger partial charge in [-0.1, -0.05) is 54.6 Å². The van der Waals surface area contributed by atoms with Crippen LogP contribution in [-0.4, -0.2) is 35.0 Å². The number of para-hydroxylation sites is 1. The van der Waals surface area contributed by atoms with Gasteiger partial charge in [-0.3, -0.25) is 0 Å². The molecule has 0 aliphatic carbocycles. The van der Waals surface area contributed by atoms with Crippen molar-refractivity contribution in [1.82, 2.24) is 14.5 Å². The lowest BCUT2D eigenvalue weighted by atomic mass is 10.1. The molecule has 0 aliphatic heterocycles. The van der Waals surface area contributed by atoms with Gasteiger partial charge in [0.1, 0.15) is 9.84 Å². The highest BCUT2D eigenvalue weighted by atomic mass is 32.2. The van der Waals surface area contributed by atoms with Gasteiger partial charge in [-0.05, 0) is 12.1 Å². The molecule has 2 aromatic carbocycles. The molecule has 0 unspecified atom stereocenters. The van der Waals surface area contributed by atoms with Crippen molar-refractivity contribution in [3.05, 3.63) is 73.1 Å². The molecule has 0 bridgehead atoms. The standard InChI is InChI=1S/C21H19N3O2S/c1-27(25,26)14-13-24-15-22-20(17-8-3-2-4-9-17)21(24)19-12-11-16-7-5-6-10-18(16)23-19/h2-12,15H,13-14H2,1H3. The Bertz CT molecular complexity index is 1200. The maximum atomic E-state index is 11.7. The minimum absolute atomic E-state index is 0.0537. The molecule has 0 atom stereocenters. The Morgan fingerprint density at radius 1 is 0.926 bits per heavy atom. The summed E-state index contributed by atoms with van der Waals surface area (Å²) in [5.74, 6) is 0.0537. The van der Waals surface area contributed by atoms with Crippen LogP contribution in [-0.2, 0) is 16.4 Å². The number of imidazole rings is 1. The highest BCUT2D eigenvalue weighted by Crippen LogP contribution is 2.31. The van der Waals surface area contributed by atoms with Gasteiger partial charge in [-0.2, -0.15) is 0 Å². The average molecular weight is 377 g/mol. The van der Waals surface area contributed by atoms with Crippen LogP contribution in [0.3, 0.4) is 0 Å². The van der Waals surface area contributed by atoms with E-state index < -0.39 is 9.84 Å². The maximum absolute atomic E-state index is 11.7. The normalized spacial score (nSPS) is 11.7. The van der Waals surface area contributed by atoms with E-state index in [0.29, 0.717) is 6.54 Å². The SMILES string of the molecule is CS(=O)(=O)CCn1cnc(-c2ccccc2)c1-c1ccc2ccccc2n1. The zero-order chi connectivity index (χ0) is 18.9. The van der Waals surface area contributed by atoms with Crippen LogP contribution >= 0.6 is 0 Å². The fraction of sp³-hybridized carbons (Fsp3) is 0.143. The van der Waals surface area contributed by atoms with Gasteiger partial charge in [0, 0.05) is 23.8 Å². The second-order valence-corrected chi connectivity index (χ2v) is 8.78. The Morgan fingerprint density at radius 3 is 2.44 bits per heavy atom. The predicted octanol–water partition coefficient (Wildman–Crippen LogP) is 3.81. The van der Waals surface area contributed by atoms with Gasteiger partial charge < -0.3 is 4.57 Å². The fourth-order valence-corrected chi connectivity index (χ4v) is 3.62. The first kappa shape index (κ1) is 17.4. The molecule has 0 saturated carbocycles. The number of aryl methyl sites for hydroxylation is 1. The number of hydrogen-bond acceptors (Lipinski definition) is 4. The van der Waals surface area contributed by atoms with Gasteiger partial charge in [0.2, 0.25) is 0 Å². The molecule has 27 heavy (non-hydrogen) atoms. The number of sulfone groups is 1. The molecule has 0 spiro atoms. The van der Waals surface area contributed by atoms with Gasteiger partial charge in [-0.15, -0.1) is 0 Å². The monoisotopic (exact) mass is 377 g/mol. The quantitative estimate of drug-likeness (QED) is 0.530. The third-order valence-corrected chi connectivity index (χ3v) is 5.35. The van der Waals surface area contributed by atoms with Crippen molar-refractivity contribution in [1.29, 1.82) is 0 Å². The van der Waals surface area contributed by atoms with Crippen molar-refractivity contribution >= 4 is 20.7 Å². The second-order valence-electron chi connectivity index (χ2n) is 6.52. The van der Waals surface area contributed by atoms with E-state index in [9.17, 15) is 8.42 Å². The molecule has 0 N–H and O–H groups in total. The molecule has 136 valence electrons. The lowest BCUT2D eigenvalue weighted by Crippen LogP contribution is -2.11. The lowest BCUT2D eigenvalue weighted by Gasteiger charge is -2.10. The highest BCUT2D eigenvalue weighted by molar-refractivity contribution is 7.90. The number of benzene rings is 2. The van der Waals surface area contributed by atoms with Crippen LogP contribution in [0.5, 0.6) is 0 Å². The molecular weight excluding hydrogens is 358 g/mol. The van der Waals surface area contributed by atoms with Crippen molar-refractivity contribution in [2.24, 2.45) is 0 Å². The first-order valence-electron chi connectivity index (χ1n) is 8.66. The number of aromatic nitrogens is 3. The zero-order valence-electron chi connectivity index (χ0n) is 14.9. The van der Waals surface area contributed by atoms with Crippen LogP contribution in [0.4, 0.5) is 0 Å². The van der Waals surface area contributed by atoms with Crippen LogP contribution in [0, 0.1) is 0 Å². The number of fused-ring (bicyclic) bond motifs is 1. The van der Waals surface area contributed by atoms with Crippen molar-refractivity contribution in [3.8, 4) is 22.6 Å². The van der Waals surface area contributed by atoms with Crippen LogP contribution < -0.4 is 0 Å². The highest BCUT2D eigenvalue weighted by Gasteiger charge is 2.17. The van der Waals surface area contributed by atoms with Gasteiger partial charge in [-0.25, -0.2) is 18.4 Å². The Labute approximate surface area is 158 Å². The van der Waals surface area contributed by atoms with E-state index in [-0.39, 0.29) is 5.75 Å². The summed E-state index contributed by atoms with van der Waals surface area (Å²) in [4.78, 5) is 9.37. The molecule has 0 amide bonds. The number of hydrogen-bond donors (Lipinski definition) is 0. The minimum Gasteiger partial charge on any atom is -0.328 e. The van der Waals surface area contributed by atoms with E-state index in [2.05, 4.69) is 4.98 Å². The van der Waals surface area contributed by atoms with Gasteiger partial charge in [0.25, 0.3) is 0 Å². The molecule has 5 nitrogen and oxygen atoms in total. The molecule has 6 heteroatoms. The molecule has 0 radical (unpaired) electrons. The number of rotatable bonds is 5. The number of pyridine rings is 1. The fourth-order valence-electron chi connectivity index (χ4n) is 3.09. The second kappa shape index (κ2) is 6.96. The molecule has 0 aliphatic rings. The Balaban J connectivity index is 1.87. The smallest absolute Gasteiger partial charge is 0.149 e. The van der Waals surface area contributed by atoms with Crippen LogP contribution in [0.2, 0.25) is 0 Å². The van der Waals surface area contributed by atoms with Crippen LogP contribution in [0.25, 0.3) is 33.5 Å². The Hall–Kier alpha value is -2.99. The average Bonchev–Trinajstić information content (AvgIpc) is 3.10. The summed E-state index contributed by atoms with van der Waals surface area (Å²) in [6, 6.07) is 21.8. The predicted molar refractivity (Wildman–Crippen MR) is 108 cm³/mol. The Morgan fingerprint density at radius 2 is 1.67 bits per heavy atom. The third kappa shape index (κ3) is 3.75. The first-order chi connectivity index (χ1) is 13.0. The van der Waals surface area contributed by atoms with E-state index in [1.165, 1.54) is 6.26 Å². The maximum Gasteiger partial charge on any atom is 0.149 e.